The molecule has 0 atom stereocenters. The summed E-state index contributed by atoms with van der Waals surface area (Å²) >= 11 is 6.08. The van der Waals surface area contributed by atoms with E-state index in [1.54, 1.807) is 35.9 Å². The first-order valence-corrected chi connectivity index (χ1v) is 6.24. The summed E-state index contributed by atoms with van der Waals surface area (Å²) in [7, 11) is 1.69. The summed E-state index contributed by atoms with van der Waals surface area (Å²) in [5.41, 5.74) is 0.457. The van der Waals surface area contributed by atoms with Crippen LogP contribution in [0.1, 0.15) is 0 Å². The summed E-state index contributed by atoms with van der Waals surface area (Å²) in [4.78, 5) is 23.2. The Labute approximate surface area is 118 Å². The molecule has 0 spiro atoms. The largest absolute Gasteiger partial charge is 0.338 e. The molecule has 0 saturated carbocycles. The van der Waals surface area contributed by atoms with Crippen molar-refractivity contribution in [2.24, 2.45) is 7.05 Å². The molecular formula is C14H9ClN2O3. The number of nitro groups is 1. The Hall–Kier alpha value is -2.40. The van der Waals surface area contributed by atoms with Crippen molar-refractivity contribution in [3.63, 3.8) is 0 Å². The highest BCUT2D eigenvalue weighted by atomic mass is 35.5. The first-order valence-electron chi connectivity index (χ1n) is 5.86. The standard InChI is InChI=1S/C14H9ClN2O3/c1-16-10-5-3-2-4-8(10)14(18)12-9(15)6-7-11(13(12)16)17(19)20/h2-7H,1H3. The van der Waals surface area contributed by atoms with Crippen LogP contribution in [-0.4, -0.2) is 9.49 Å². The van der Waals surface area contributed by atoms with Crippen LogP contribution in [0.3, 0.4) is 0 Å². The maximum Gasteiger partial charge on any atom is 0.293 e. The molecule has 0 saturated heterocycles. The van der Waals surface area contributed by atoms with Gasteiger partial charge in [0.25, 0.3) is 5.69 Å². The molecule has 0 radical (unpaired) electrons. The summed E-state index contributed by atoms with van der Waals surface area (Å²) in [5, 5.41) is 12.1. The van der Waals surface area contributed by atoms with E-state index in [9.17, 15) is 14.9 Å². The number of aryl methyl sites for hydroxylation is 1. The van der Waals surface area contributed by atoms with E-state index in [1.165, 1.54) is 12.1 Å². The van der Waals surface area contributed by atoms with Gasteiger partial charge in [-0.2, -0.15) is 0 Å². The Morgan fingerprint density at radius 1 is 1.20 bits per heavy atom. The Morgan fingerprint density at radius 3 is 2.60 bits per heavy atom. The molecule has 100 valence electrons. The SMILES string of the molecule is Cn1c2ccccc2c(=O)c2c(Cl)ccc([N+](=O)[O-])c21. The molecule has 0 unspecified atom stereocenters. The van der Waals surface area contributed by atoms with Crippen molar-refractivity contribution in [2.45, 2.75) is 0 Å². The van der Waals surface area contributed by atoms with Gasteiger partial charge in [0.1, 0.15) is 5.52 Å². The average Bonchev–Trinajstić information content (AvgIpc) is 2.44. The van der Waals surface area contributed by atoms with Crippen LogP contribution >= 0.6 is 11.6 Å². The zero-order valence-electron chi connectivity index (χ0n) is 10.5. The Bertz CT molecular complexity index is 931. The first kappa shape index (κ1) is 12.6. The molecular weight excluding hydrogens is 280 g/mol. The summed E-state index contributed by atoms with van der Waals surface area (Å²) in [5.74, 6) is 0. The van der Waals surface area contributed by atoms with Gasteiger partial charge in [-0.1, -0.05) is 23.7 Å². The Balaban J connectivity index is 2.73. The van der Waals surface area contributed by atoms with E-state index < -0.39 is 4.92 Å². The van der Waals surface area contributed by atoms with Crippen molar-refractivity contribution in [1.29, 1.82) is 0 Å². The molecule has 0 bridgehead atoms. The number of fused-ring (bicyclic) bond motifs is 2. The van der Waals surface area contributed by atoms with Crippen molar-refractivity contribution >= 4 is 39.1 Å². The van der Waals surface area contributed by atoms with E-state index in [0.717, 1.165) is 0 Å². The zero-order valence-corrected chi connectivity index (χ0v) is 11.2. The smallest absolute Gasteiger partial charge is 0.293 e. The lowest BCUT2D eigenvalue weighted by Gasteiger charge is -2.11. The molecule has 5 nitrogen and oxygen atoms in total. The number of nitro benzene ring substituents is 1. The lowest BCUT2D eigenvalue weighted by Crippen LogP contribution is -2.11. The zero-order chi connectivity index (χ0) is 14.4. The normalized spacial score (nSPS) is 11.1. The van der Waals surface area contributed by atoms with Crippen LogP contribution in [-0.2, 0) is 7.05 Å². The van der Waals surface area contributed by atoms with E-state index in [4.69, 9.17) is 11.6 Å². The van der Waals surface area contributed by atoms with Crippen molar-refractivity contribution in [1.82, 2.24) is 4.57 Å². The third kappa shape index (κ3) is 1.60. The fourth-order valence-electron chi connectivity index (χ4n) is 2.47. The molecule has 0 aliphatic carbocycles. The molecule has 20 heavy (non-hydrogen) atoms. The van der Waals surface area contributed by atoms with Gasteiger partial charge in [-0.05, 0) is 18.2 Å². The number of halogens is 1. The summed E-state index contributed by atoms with van der Waals surface area (Å²) in [6.07, 6.45) is 0. The number of hydrogen-bond donors (Lipinski definition) is 0. The van der Waals surface area contributed by atoms with Crippen molar-refractivity contribution in [3.05, 3.63) is 61.8 Å². The number of aromatic nitrogens is 1. The van der Waals surface area contributed by atoms with Crippen LogP contribution in [0, 0.1) is 10.1 Å². The number of para-hydroxylation sites is 1. The van der Waals surface area contributed by atoms with Crippen LogP contribution in [0.15, 0.2) is 41.2 Å². The van der Waals surface area contributed by atoms with Gasteiger partial charge < -0.3 is 4.57 Å². The lowest BCUT2D eigenvalue weighted by atomic mass is 10.1. The van der Waals surface area contributed by atoms with Gasteiger partial charge in [0.05, 0.1) is 20.8 Å². The minimum absolute atomic E-state index is 0.130. The molecule has 0 aliphatic heterocycles. The summed E-state index contributed by atoms with van der Waals surface area (Å²) in [6.45, 7) is 0. The molecule has 0 fully saturated rings. The molecule has 1 heterocycles. The predicted molar refractivity (Wildman–Crippen MR) is 78.4 cm³/mol. The van der Waals surface area contributed by atoms with Crippen LogP contribution in [0.2, 0.25) is 5.02 Å². The van der Waals surface area contributed by atoms with E-state index in [0.29, 0.717) is 10.9 Å². The predicted octanol–water partition coefficient (Wildman–Crippen LogP) is 3.25. The number of nitrogens with zero attached hydrogens (tertiary/aromatic N) is 2. The quantitative estimate of drug-likeness (QED) is 0.392. The van der Waals surface area contributed by atoms with Gasteiger partial charge in [0.15, 0.2) is 5.43 Å². The molecule has 2 aromatic carbocycles. The van der Waals surface area contributed by atoms with Gasteiger partial charge in [-0.15, -0.1) is 0 Å². The Kier molecular flexibility index (Phi) is 2.72. The molecule has 1 aromatic heterocycles. The maximum atomic E-state index is 12.5. The number of rotatable bonds is 1. The second-order valence-corrected chi connectivity index (χ2v) is 4.86. The highest BCUT2D eigenvalue weighted by molar-refractivity contribution is 6.36. The molecule has 3 aromatic rings. The Morgan fingerprint density at radius 2 is 1.90 bits per heavy atom. The maximum absolute atomic E-state index is 12.5. The minimum atomic E-state index is -0.507. The topological polar surface area (TPSA) is 65.1 Å². The molecule has 3 rings (SSSR count). The van der Waals surface area contributed by atoms with E-state index >= 15 is 0 Å². The third-order valence-electron chi connectivity index (χ3n) is 3.37. The first-order chi connectivity index (χ1) is 9.52. The second-order valence-electron chi connectivity index (χ2n) is 4.45. The van der Waals surface area contributed by atoms with Gasteiger partial charge in [0, 0.05) is 18.5 Å². The molecule has 6 heteroatoms. The molecule has 0 N–H and O–H groups in total. The highest BCUT2D eigenvalue weighted by Crippen LogP contribution is 2.31. The fourth-order valence-corrected chi connectivity index (χ4v) is 2.71. The van der Waals surface area contributed by atoms with Crippen molar-refractivity contribution in [3.8, 4) is 0 Å². The van der Waals surface area contributed by atoms with Crippen LogP contribution < -0.4 is 5.43 Å². The number of pyridine rings is 1. The molecule has 0 aliphatic rings. The lowest BCUT2D eigenvalue weighted by molar-refractivity contribution is -0.383. The van der Waals surface area contributed by atoms with Gasteiger partial charge >= 0.3 is 0 Å². The van der Waals surface area contributed by atoms with Crippen LogP contribution in [0.5, 0.6) is 0 Å². The number of benzene rings is 2. The number of non-ortho nitro benzene ring substituents is 1. The van der Waals surface area contributed by atoms with Gasteiger partial charge in [0.2, 0.25) is 0 Å². The van der Waals surface area contributed by atoms with E-state index in [-0.39, 0.29) is 27.0 Å². The van der Waals surface area contributed by atoms with Gasteiger partial charge in [-0.3, -0.25) is 14.9 Å². The monoisotopic (exact) mass is 288 g/mol. The van der Waals surface area contributed by atoms with Crippen LogP contribution in [0.4, 0.5) is 5.69 Å². The van der Waals surface area contributed by atoms with E-state index in [2.05, 4.69) is 0 Å². The summed E-state index contributed by atoms with van der Waals surface area (Å²) < 4.78 is 1.63. The average molecular weight is 289 g/mol. The number of hydrogen-bond acceptors (Lipinski definition) is 3. The second kappa shape index (κ2) is 4.31. The van der Waals surface area contributed by atoms with E-state index in [1.807, 2.05) is 0 Å². The van der Waals surface area contributed by atoms with Crippen molar-refractivity contribution in [2.75, 3.05) is 0 Å². The van der Waals surface area contributed by atoms with Crippen molar-refractivity contribution < 1.29 is 4.92 Å². The summed E-state index contributed by atoms with van der Waals surface area (Å²) in [6, 6.07) is 9.68. The molecule has 0 amide bonds. The third-order valence-corrected chi connectivity index (χ3v) is 3.69. The highest BCUT2D eigenvalue weighted by Gasteiger charge is 2.20. The van der Waals surface area contributed by atoms with Crippen LogP contribution in [0.25, 0.3) is 21.8 Å². The minimum Gasteiger partial charge on any atom is -0.338 e. The van der Waals surface area contributed by atoms with Gasteiger partial charge in [-0.25, -0.2) is 0 Å². The fraction of sp³-hybridized carbons (Fsp3) is 0.0714.